The lowest BCUT2D eigenvalue weighted by Crippen LogP contribution is -2.40. The molecule has 0 rings (SSSR count). The van der Waals surface area contributed by atoms with E-state index in [1.165, 1.54) is 128 Å². The highest BCUT2D eigenvalue weighted by Gasteiger charge is 2.19. The molecule has 4 N–H and O–H groups in total. The molecular formula is C42H82N2O5. The Balaban J connectivity index is 4.28. The highest BCUT2D eigenvalue weighted by atomic mass is 16.5. The Morgan fingerprint density at radius 2 is 0.878 bits per heavy atom. The molecular weight excluding hydrogens is 612 g/mol. The van der Waals surface area contributed by atoms with E-state index in [4.69, 9.17) is 10.5 Å². The molecule has 0 aromatic carbocycles. The van der Waals surface area contributed by atoms with Crippen LogP contribution in [0.3, 0.4) is 0 Å². The molecule has 7 heteroatoms. The Morgan fingerprint density at radius 1 is 0.510 bits per heavy atom. The van der Waals surface area contributed by atoms with Crippen LogP contribution in [0.2, 0.25) is 0 Å². The Labute approximate surface area is 303 Å². The van der Waals surface area contributed by atoms with Gasteiger partial charge in [-0.2, -0.15) is 0 Å². The first-order chi connectivity index (χ1) is 23.9. The quantitative estimate of drug-likeness (QED) is 0.0435. The molecule has 0 spiro atoms. The maximum absolute atomic E-state index is 12.7. The largest absolute Gasteiger partial charge is 0.480 e. The number of rotatable bonds is 39. The van der Waals surface area contributed by atoms with Gasteiger partial charge in [0.15, 0.2) is 0 Å². The van der Waals surface area contributed by atoms with Gasteiger partial charge in [-0.3, -0.25) is 9.59 Å². The summed E-state index contributed by atoms with van der Waals surface area (Å²) in [5.74, 6) is -1.21. The van der Waals surface area contributed by atoms with Crippen LogP contribution < -0.4 is 11.1 Å². The van der Waals surface area contributed by atoms with E-state index in [-0.39, 0.29) is 18.0 Å². The fraction of sp³-hybridized carbons (Fsp3) is 0.929. The number of unbranched alkanes of at least 4 members (excludes halogenated alkanes) is 25. The summed E-state index contributed by atoms with van der Waals surface area (Å²) < 4.78 is 6.04. The lowest BCUT2D eigenvalue weighted by molar-refractivity contribution is -0.150. The normalized spacial score (nSPS) is 12.6. The van der Waals surface area contributed by atoms with Crippen LogP contribution in [0.1, 0.15) is 232 Å². The first-order valence-corrected chi connectivity index (χ1v) is 21.4. The zero-order valence-electron chi connectivity index (χ0n) is 32.6. The number of hydrogen-bond acceptors (Lipinski definition) is 5. The van der Waals surface area contributed by atoms with Crippen molar-refractivity contribution in [2.75, 3.05) is 6.54 Å². The fourth-order valence-electron chi connectivity index (χ4n) is 6.69. The van der Waals surface area contributed by atoms with Crippen molar-refractivity contribution in [1.82, 2.24) is 5.32 Å². The van der Waals surface area contributed by atoms with Crippen molar-refractivity contribution in [3.63, 3.8) is 0 Å². The standard InChI is InChI=1S/C42H82N2O5/c1-3-5-7-9-11-13-15-17-19-21-26-30-36-41(46)49-38(32-27-23-20-18-16-14-12-10-8-6-4-2)33-28-24-22-25-29-35-40(45)44-39(42(47)48)34-31-37-43/h38-39H,3-37,43H2,1-2H3,(H,44,45)(H,47,48). The Morgan fingerprint density at radius 3 is 1.27 bits per heavy atom. The SMILES string of the molecule is CCCCCCCCCCCCCCC(=O)OC(CCCCCCCCCCCCC)CCCCCCCC(=O)NC(CCCN)C(=O)O. The minimum Gasteiger partial charge on any atom is -0.480 e. The van der Waals surface area contributed by atoms with E-state index in [1.807, 2.05) is 0 Å². The second-order valence-corrected chi connectivity index (χ2v) is 14.8. The van der Waals surface area contributed by atoms with Gasteiger partial charge in [0.1, 0.15) is 12.1 Å². The predicted octanol–water partition coefficient (Wildman–Crippen LogP) is 11.7. The van der Waals surface area contributed by atoms with E-state index < -0.39 is 12.0 Å². The molecule has 0 aliphatic rings. The molecule has 0 aliphatic heterocycles. The lowest BCUT2D eigenvalue weighted by atomic mass is 10.0. The predicted molar refractivity (Wildman–Crippen MR) is 207 cm³/mol. The van der Waals surface area contributed by atoms with E-state index in [1.54, 1.807) is 0 Å². The van der Waals surface area contributed by atoms with Gasteiger partial charge in [0.05, 0.1) is 0 Å². The Kier molecular flexibility index (Phi) is 36.4. The molecule has 0 saturated heterocycles. The molecule has 1 amide bonds. The van der Waals surface area contributed by atoms with Crippen LogP contribution in [0, 0.1) is 0 Å². The summed E-state index contributed by atoms with van der Waals surface area (Å²) >= 11 is 0. The number of esters is 1. The van der Waals surface area contributed by atoms with Crippen molar-refractivity contribution < 1.29 is 24.2 Å². The van der Waals surface area contributed by atoms with Gasteiger partial charge in [-0.05, 0) is 57.9 Å². The average molecular weight is 695 g/mol. The second-order valence-electron chi connectivity index (χ2n) is 14.8. The number of ether oxygens (including phenoxy) is 1. The number of nitrogens with one attached hydrogen (secondary N) is 1. The van der Waals surface area contributed by atoms with Crippen LogP contribution in [0.5, 0.6) is 0 Å². The number of amides is 1. The third-order valence-corrected chi connectivity index (χ3v) is 9.92. The van der Waals surface area contributed by atoms with Crippen molar-refractivity contribution in [3.05, 3.63) is 0 Å². The number of carbonyl (C=O) groups excluding carboxylic acids is 2. The molecule has 49 heavy (non-hydrogen) atoms. The monoisotopic (exact) mass is 695 g/mol. The number of carbonyl (C=O) groups is 3. The molecule has 2 atom stereocenters. The lowest BCUT2D eigenvalue weighted by Gasteiger charge is -2.18. The minimum absolute atomic E-state index is 0.0164. The zero-order chi connectivity index (χ0) is 36.0. The summed E-state index contributed by atoms with van der Waals surface area (Å²) in [4.78, 5) is 36.3. The summed E-state index contributed by atoms with van der Waals surface area (Å²) in [6, 6.07) is -0.851. The molecule has 0 saturated carbocycles. The maximum Gasteiger partial charge on any atom is 0.326 e. The van der Waals surface area contributed by atoms with E-state index in [0.29, 0.717) is 32.2 Å². The molecule has 7 nitrogen and oxygen atoms in total. The van der Waals surface area contributed by atoms with E-state index in [9.17, 15) is 19.5 Å². The number of carboxylic acid groups (broad SMARTS) is 1. The van der Waals surface area contributed by atoms with Crippen LogP contribution in [0.25, 0.3) is 0 Å². The third kappa shape index (κ3) is 34.6. The van der Waals surface area contributed by atoms with Crippen LogP contribution >= 0.6 is 0 Å². The smallest absolute Gasteiger partial charge is 0.326 e. The highest BCUT2D eigenvalue weighted by molar-refractivity contribution is 5.83. The number of aliphatic carboxylic acids is 1. The number of hydrogen-bond donors (Lipinski definition) is 3. The average Bonchev–Trinajstić information content (AvgIpc) is 3.08. The van der Waals surface area contributed by atoms with E-state index in [2.05, 4.69) is 19.2 Å². The van der Waals surface area contributed by atoms with E-state index >= 15 is 0 Å². The molecule has 0 bridgehead atoms. The Bertz CT molecular complexity index is 747. The van der Waals surface area contributed by atoms with Gasteiger partial charge in [0.25, 0.3) is 0 Å². The summed E-state index contributed by atoms with van der Waals surface area (Å²) in [7, 11) is 0. The fourth-order valence-corrected chi connectivity index (χ4v) is 6.69. The van der Waals surface area contributed by atoms with Gasteiger partial charge >= 0.3 is 11.9 Å². The van der Waals surface area contributed by atoms with Crippen molar-refractivity contribution >= 4 is 17.8 Å². The van der Waals surface area contributed by atoms with Crippen molar-refractivity contribution in [2.45, 2.75) is 244 Å². The highest BCUT2D eigenvalue weighted by Crippen LogP contribution is 2.19. The molecule has 0 aliphatic carbocycles. The topological polar surface area (TPSA) is 119 Å². The van der Waals surface area contributed by atoms with Crippen molar-refractivity contribution in [3.8, 4) is 0 Å². The number of carboxylic acids is 1. The maximum atomic E-state index is 12.7. The van der Waals surface area contributed by atoms with Gasteiger partial charge in [-0.25, -0.2) is 4.79 Å². The Hall–Kier alpha value is -1.63. The summed E-state index contributed by atoms with van der Waals surface area (Å²) in [5.41, 5.74) is 5.48. The summed E-state index contributed by atoms with van der Waals surface area (Å²) in [5, 5.41) is 11.9. The molecule has 0 aromatic rings. The van der Waals surface area contributed by atoms with Gasteiger partial charge in [-0.1, -0.05) is 168 Å². The number of nitrogens with two attached hydrogens (primary N) is 1. The van der Waals surface area contributed by atoms with Crippen LogP contribution in [-0.4, -0.2) is 41.6 Å². The first-order valence-electron chi connectivity index (χ1n) is 21.4. The molecule has 0 fully saturated rings. The zero-order valence-corrected chi connectivity index (χ0v) is 32.6. The second kappa shape index (κ2) is 37.6. The third-order valence-electron chi connectivity index (χ3n) is 9.92. The van der Waals surface area contributed by atoms with Crippen LogP contribution in [0.15, 0.2) is 0 Å². The summed E-state index contributed by atoms with van der Waals surface area (Å²) in [6.07, 6.45) is 38.5. The van der Waals surface area contributed by atoms with Crippen molar-refractivity contribution in [2.24, 2.45) is 5.73 Å². The van der Waals surface area contributed by atoms with Crippen molar-refractivity contribution in [1.29, 1.82) is 0 Å². The molecule has 2 unspecified atom stereocenters. The molecule has 0 radical (unpaired) electrons. The molecule has 0 aromatic heterocycles. The summed E-state index contributed by atoms with van der Waals surface area (Å²) in [6.45, 7) is 4.95. The van der Waals surface area contributed by atoms with Gasteiger partial charge in [-0.15, -0.1) is 0 Å². The van der Waals surface area contributed by atoms with Crippen LogP contribution in [0.4, 0.5) is 0 Å². The molecule has 290 valence electrons. The van der Waals surface area contributed by atoms with Gasteiger partial charge < -0.3 is 20.9 Å². The van der Waals surface area contributed by atoms with Gasteiger partial charge in [0, 0.05) is 12.8 Å². The minimum atomic E-state index is -1.00. The van der Waals surface area contributed by atoms with Crippen LogP contribution in [-0.2, 0) is 19.1 Å². The van der Waals surface area contributed by atoms with Gasteiger partial charge in [0.2, 0.25) is 5.91 Å². The first kappa shape index (κ1) is 47.4. The molecule has 0 heterocycles. The van der Waals surface area contributed by atoms with E-state index in [0.717, 1.165) is 64.2 Å².